The average molecular weight is 251 g/mol. The van der Waals surface area contributed by atoms with E-state index in [1.807, 2.05) is 12.1 Å². The molecule has 0 aliphatic carbocycles. The van der Waals surface area contributed by atoms with E-state index in [0.717, 1.165) is 19.4 Å². The Morgan fingerprint density at radius 1 is 1.28 bits per heavy atom. The van der Waals surface area contributed by atoms with E-state index in [1.54, 1.807) is 12.4 Å². The molecule has 0 radical (unpaired) electrons. The summed E-state index contributed by atoms with van der Waals surface area (Å²) in [7, 11) is 0. The third-order valence-electron chi connectivity index (χ3n) is 3.22. The molecule has 2 unspecified atom stereocenters. The van der Waals surface area contributed by atoms with Crippen molar-refractivity contribution in [3.63, 3.8) is 0 Å². The summed E-state index contributed by atoms with van der Waals surface area (Å²) in [6.45, 7) is 6.02. The van der Waals surface area contributed by atoms with Crippen LogP contribution in [0.15, 0.2) is 24.5 Å². The van der Waals surface area contributed by atoms with Crippen LogP contribution in [0.2, 0.25) is 0 Å². The van der Waals surface area contributed by atoms with Gasteiger partial charge in [0.25, 0.3) is 0 Å². The molecule has 1 rings (SSSR count). The number of aromatic nitrogens is 1. The minimum atomic E-state index is 0.0745. The Morgan fingerprint density at radius 3 is 2.44 bits per heavy atom. The van der Waals surface area contributed by atoms with Crippen molar-refractivity contribution in [2.75, 3.05) is 19.7 Å². The van der Waals surface area contributed by atoms with Crippen molar-refractivity contribution in [3.05, 3.63) is 30.1 Å². The third-order valence-corrected chi connectivity index (χ3v) is 3.22. The number of nitrogens with two attached hydrogens (primary N) is 1. The average Bonchev–Trinajstić information content (AvgIpc) is 2.40. The maximum atomic E-state index is 9.22. The van der Waals surface area contributed by atoms with Gasteiger partial charge in [-0.2, -0.15) is 0 Å². The molecule has 0 amide bonds. The molecule has 0 spiro atoms. The molecule has 1 heterocycles. The van der Waals surface area contributed by atoms with Gasteiger partial charge in [0.15, 0.2) is 0 Å². The summed E-state index contributed by atoms with van der Waals surface area (Å²) in [5, 5.41) is 9.22. The van der Waals surface area contributed by atoms with Crippen molar-refractivity contribution >= 4 is 0 Å². The highest BCUT2D eigenvalue weighted by molar-refractivity contribution is 5.17. The Balaban J connectivity index is 2.95. The molecular formula is C14H25N3O. The van der Waals surface area contributed by atoms with Gasteiger partial charge in [0.1, 0.15) is 0 Å². The highest BCUT2D eigenvalue weighted by Gasteiger charge is 2.24. The van der Waals surface area contributed by atoms with E-state index < -0.39 is 0 Å². The topological polar surface area (TPSA) is 62.4 Å². The number of nitrogens with zero attached hydrogens (tertiary/aromatic N) is 2. The predicted molar refractivity (Wildman–Crippen MR) is 74.2 cm³/mol. The van der Waals surface area contributed by atoms with Gasteiger partial charge in [0.05, 0.1) is 12.6 Å². The van der Waals surface area contributed by atoms with Crippen LogP contribution in [0.1, 0.15) is 38.3 Å². The minimum absolute atomic E-state index is 0.0745. The molecular weight excluding hydrogens is 226 g/mol. The van der Waals surface area contributed by atoms with Gasteiger partial charge in [-0.15, -0.1) is 0 Å². The first-order valence-electron chi connectivity index (χ1n) is 6.75. The van der Waals surface area contributed by atoms with E-state index in [0.29, 0.717) is 6.54 Å². The highest BCUT2D eigenvalue weighted by atomic mass is 16.3. The molecule has 102 valence electrons. The molecule has 18 heavy (non-hydrogen) atoms. The molecule has 3 N–H and O–H groups in total. The molecule has 0 fully saturated rings. The molecule has 0 saturated heterocycles. The second kappa shape index (κ2) is 8.19. The molecule has 4 heteroatoms. The van der Waals surface area contributed by atoms with Crippen LogP contribution in [-0.4, -0.2) is 40.7 Å². The lowest BCUT2D eigenvalue weighted by Crippen LogP contribution is -2.42. The summed E-state index contributed by atoms with van der Waals surface area (Å²) >= 11 is 0. The van der Waals surface area contributed by atoms with Gasteiger partial charge in [0, 0.05) is 25.0 Å². The lowest BCUT2D eigenvalue weighted by Gasteiger charge is -2.35. The normalized spacial score (nSPS) is 14.7. The standard InChI is InChI=1S/C14H25N3O/c1-3-9-17(10-11-18)14(13(15)4-2)12-5-7-16-8-6-12/h5-8,13-14,18H,3-4,9-11,15H2,1-2H3. The van der Waals surface area contributed by atoms with Gasteiger partial charge in [-0.25, -0.2) is 0 Å². The van der Waals surface area contributed by atoms with E-state index in [9.17, 15) is 5.11 Å². The van der Waals surface area contributed by atoms with Crippen LogP contribution in [0.5, 0.6) is 0 Å². The lowest BCUT2D eigenvalue weighted by molar-refractivity contribution is 0.132. The fourth-order valence-electron chi connectivity index (χ4n) is 2.32. The number of rotatable bonds is 8. The summed E-state index contributed by atoms with van der Waals surface area (Å²) in [6.07, 6.45) is 5.57. The monoisotopic (exact) mass is 251 g/mol. The lowest BCUT2D eigenvalue weighted by atomic mass is 9.97. The number of hydrogen-bond acceptors (Lipinski definition) is 4. The number of aliphatic hydroxyl groups is 1. The van der Waals surface area contributed by atoms with Gasteiger partial charge in [0.2, 0.25) is 0 Å². The molecule has 0 aliphatic rings. The van der Waals surface area contributed by atoms with E-state index in [4.69, 9.17) is 5.73 Å². The fourth-order valence-corrected chi connectivity index (χ4v) is 2.32. The smallest absolute Gasteiger partial charge is 0.0558 e. The Kier molecular flexibility index (Phi) is 6.86. The van der Waals surface area contributed by atoms with Gasteiger partial charge in [-0.05, 0) is 37.1 Å². The van der Waals surface area contributed by atoms with Gasteiger partial charge < -0.3 is 10.8 Å². The van der Waals surface area contributed by atoms with Crippen LogP contribution >= 0.6 is 0 Å². The highest BCUT2D eigenvalue weighted by Crippen LogP contribution is 2.24. The van der Waals surface area contributed by atoms with E-state index in [1.165, 1.54) is 5.56 Å². The van der Waals surface area contributed by atoms with Crippen LogP contribution in [0.3, 0.4) is 0 Å². The molecule has 2 atom stereocenters. The summed E-state index contributed by atoms with van der Waals surface area (Å²) in [6, 6.07) is 4.26. The SMILES string of the molecule is CCCN(CCO)C(c1ccncc1)C(N)CC. The molecule has 1 aromatic heterocycles. The van der Waals surface area contributed by atoms with Gasteiger partial charge >= 0.3 is 0 Å². The van der Waals surface area contributed by atoms with Gasteiger partial charge in [-0.1, -0.05) is 13.8 Å². The van der Waals surface area contributed by atoms with Crippen molar-refractivity contribution in [1.82, 2.24) is 9.88 Å². The van der Waals surface area contributed by atoms with Crippen molar-refractivity contribution in [2.24, 2.45) is 5.73 Å². The fraction of sp³-hybridized carbons (Fsp3) is 0.643. The summed E-state index contributed by atoms with van der Waals surface area (Å²) in [5.41, 5.74) is 7.45. The Hall–Kier alpha value is -0.970. The second-order valence-corrected chi connectivity index (χ2v) is 4.56. The Morgan fingerprint density at radius 2 is 1.94 bits per heavy atom. The molecule has 0 aliphatic heterocycles. The zero-order valence-electron chi connectivity index (χ0n) is 11.4. The first-order chi connectivity index (χ1) is 8.74. The number of pyridine rings is 1. The zero-order chi connectivity index (χ0) is 13.4. The van der Waals surface area contributed by atoms with Crippen molar-refractivity contribution in [1.29, 1.82) is 0 Å². The minimum Gasteiger partial charge on any atom is -0.395 e. The van der Waals surface area contributed by atoms with Crippen LogP contribution < -0.4 is 5.73 Å². The van der Waals surface area contributed by atoms with Crippen LogP contribution in [0.25, 0.3) is 0 Å². The summed E-state index contributed by atoms with van der Waals surface area (Å²) in [4.78, 5) is 6.32. The van der Waals surface area contributed by atoms with Crippen LogP contribution in [0.4, 0.5) is 0 Å². The first-order valence-corrected chi connectivity index (χ1v) is 6.75. The van der Waals surface area contributed by atoms with Crippen molar-refractivity contribution in [3.8, 4) is 0 Å². The Bertz CT molecular complexity index is 312. The van der Waals surface area contributed by atoms with E-state index in [-0.39, 0.29) is 18.7 Å². The van der Waals surface area contributed by atoms with Crippen molar-refractivity contribution in [2.45, 2.75) is 38.8 Å². The van der Waals surface area contributed by atoms with Crippen LogP contribution in [0, 0.1) is 0 Å². The van der Waals surface area contributed by atoms with E-state index in [2.05, 4.69) is 23.7 Å². The Labute approximate surface area is 110 Å². The quantitative estimate of drug-likeness (QED) is 0.736. The first kappa shape index (κ1) is 15.1. The molecule has 0 aromatic carbocycles. The predicted octanol–water partition coefficient (Wildman–Crippen LogP) is 1.56. The maximum Gasteiger partial charge on any atom is 0.0558 e. The summed E-state index contributed by atoms with van der Waals surface area (Å²) in [5.74, 6) is 0. The zero-order valence-corrected chi connectivity index (χ0v) is 11.4. The third kappa shape index (κ3) is 4.05. The number of aliphatic hydroxyl groups excluding tert-OH is 1. The molecule has 0 saturated carbocycles. The molecule has 0 bridgehead atoms. The maximum absolute atomic E-state index is 9.22. The molecule has 4 nitrogen and oxygen atoms in total. The van der Waals surface area contributed by atoms with E-state index >= 15 is 0 Å². The summed E-state index contributed by atoms with van der Waals surface area (Å²) < 4.78 is 0. The second-order valence-electron chi connectivity index (χ2n) is 4.56. The van der Waals surface area contributed by atoms with Crippen molar-refractivity contribution < 1.29 is 5.11 Å². The molecule has 1 aromatic rings. The largest absolute Gasteiger partial charge is 0.395 e. The van der Waals surface area contributed by atoms with Crippen LogP contribution in [-0.2, 0) is 0 Å². The van der Waals surface area contributed by atoms with Gasteiger partial charge in [-0.3, -0.25) is 9.88 Å². The number of hydrogen-bond donors (Lipinski definition) is 2.